The predicted octanol–water partition coefficient (Wildman–Crippen LogP) is -2.09. The second-order valence-corrected chi connectivity index (χ2v) is 10.3. The number of aromatic nitrogens is 4. The van der Waals surface area contributed by atoms with E-state index in [0.29, 0.717) is 24.4 Å². The fraction of sp³-hybridized carbons (Fsp3) is 0.318. The number of hydrogen-bond donors (Lipinski definition) is 4. The molecule has 3 aromatic heterocycles. The van der Waals surface area contributed by atoms with Gasteiger partial charge in [0, 0.05) is 48.1 Å². The SMILES string of the molecule is CO/N=C(\C(=O)N[C@@H]1C(=O)N2C(C(=O)[O-])=C(C[n+]3ccn4c(NCCN)cccc43)CS[C@H]12)c1nsc(N)n1.Cl. The largest absolute Gasteiger partial charge is 0.543 e. The van der Waals surface area contributed by atoms with E-state index in [1.807, 2.05) is 39.6 Å². The maximum Gasteiger partial charge on any atom is 0.288 e. The number of halogens is 1. The average molecular weight is 609 g/mol. The first-order chi connectivity index (χ1) is 18.8. The van der Waals surface area contributed by atoms with E-state index in [1.54, 1.807) is 0 Å². The molecule has 0 saturated carbocycles. The molecule has 40 heavy (non-hydrogen) atoms. The lowest BCUT2D eigenvalue weighted by atomic mass is 10.0. The molecule has 0 aromatic carbocycles. The Morgan fingerprint density at radius 1 is 1.38 bits per heavy atom. The average Bonchev–Trinajstić information content (AvgIpc) is 3.54. The van der Waals surface area contributed by atoms with Crippen molar-refractivity contribution in [3.63, 3.8) is 0 Å². The van der Waals surface area contributed by atoms with Crippen LogP contribution in [0, 0.1) is 0 Å². The number of nitrogens with zero attached hydrogens (tertiary/aromatic N) is 6. The number of nitrogens with one attached hydrogen (secondary N) is 2. The molecule has 2 aliphatic heterocycles. The molecule has 2 amide bonds. The van der Waals surface area contributed by atoms with Gasteiger partial charge in [-0.2, -0.15) is 13.8 Å². The Bertz CT molecular complexity index is 1520. The molecule has 0 bridgehead atoms. The van der Waals surface area contributed by atoms with Gasteiger partial charge in [-0.1, -0.05) is 5.16 Å². The molecule has 5 heterocycles. The van der Waals surface area contributed by atoms with Gasteiger partial charge in [0.05, 0.1) is 11.7 Å². The molecule has 2 aliphatic rings. The Morgan fingerprint density at radius 2 is 2.17 bits per heavy atom. The number of carbonyl (C=O) groups is 3. The van der Waals surface area contributed by atoms with Crippen molar-refractivity contribution in [2.75, 3.05) is 37.0 Å². The van der Waals surface area contributed by atoms with Gasteiger partial charge >= 0.3 is 0 Å². The van der Waals surface area contributed by atoms with Crippen LogP contribution in [0.4, 0.5) is 10.9 Å². The van der Waals surface area contributed by atoms with Gasteiger partial charge in [-0.15, -0.1) is 24.2 Å². The molecular weight excluding hydrogens is 584 g/mol. The molecule has 1 fully saturated rings. The number of amides is 2. The Hall–Kier alpha value is -3.93. The number of β-lactam (4-membered cyclic amide) rings is 1. The zero-order valence-electron chi connectivity index (χ0n) is 21.0. The smallest absolute Gasteiger partial charge is 0.288 e. The number of aliphatic carboxylic acids is 1. The topological polar surface area (TPSA) is 209 Å². The third kappa shape index (κ3) is 5.27. The lowest BCUT2D eigenvalue weighted by Crippen LogP contribution is -2.71. The van der Waals surface area contributed by atoms with Crippen LogP contribution in [0.1, 0.15) is 5.82 Å². The highest BCUT2D eigenvalue weighted by molar-refractivity contribution is 8.00. The van der Waals surface area contributed by atoms with Gasteiger partial charge in [0.1, 0.15) is 37.5 Å². The number of rotatable bonds is 10. The van der Waals surface area contributed by atoms with E-state index < -0.39 is 29.2 Å². The van der Waals surface area contributed by atoms with E-state index in [4.69, 9.17) is 16.3 Å². The molecule has 3 aromatic rings. The fourth-order valence-electron chi connectivity index (χ4n) is 4.42. The van der Waals surface area contributed by atoms with Crippen LogP contribution in [0.25, 0.3) is 5.65 Å². The van der Waals surface area contributed by atoms with E-state index in [1.165, 1.54) is 18.9 Å². The van der Waals surface area contributed by atoms with Crippen LogP contribution in [0.2, 0.25) is 0 Å². The number of carboxylic acids is 1. The van der Waals surface area contributed by atoms with E-state index in [0.717, 1.165) is 27.9 Å². The number of nitrogens with two attached hydrogens (primary N) is 2. The van der Waals surface area contributed by atoms with Crippen LogP contribution in [0.15, 0.2) is 47.0 Å². The molecule has 0 unspecified atom stereocenters. The molecule has 6 N–H and O–H groups in total. The van der Waals surface area contributed by atoms with E-state index >= 15 is 0 Å². The van der Waals surface area contributed by atoms with Crippen LogP contribution in [-0.4, -0.2) is 79.5 Å². The molecule has 2 atom stereocenters. The monoisotopic (exact) mass is 608 g/mol. The molecule has 15 nitrogen and oxygen atoms in total. The van der Waals surface area contributed by atoms with Crippen molar-refractivity contribution in [2.45, 2.75) is 18.0 Å². The van der Waals surface area contributed by atoms with Crippen molar-refractivity contribution in [2.24, 2.45) is 10.9 Å². The highest BCUT2D eigenvalue weighted by Gasteiger charge is 2.53. The number of oxime groups is 1. The van der Waals surface area contributed by atoms with Crippen LogP contribution in [-0.2, 0) is 25.8 Å². The zero-order chi connectivity index (χ0) is 27.7. The van der Waals surface area contributed by atoms with Crippen LogP contribution in [0.5, 0.6) is 0 Å². The minimum atomic E-state index is -1.47. The molecule has 18 heteroatoms. The summed E-state index contributed by atoms with van der Waals surface area (Å²) in [5.41, 5.74) is 12.1. The molecule has 212 valence electrons. The van der Waals surface area contributed by atoms with Gasteiger partial charge in [-0.05, 0) is 6.07 Å². The maximum atomic E-state index is 13.1. The van der Waals surface area contributed by atoms with Gasteiger partial charge < -0.3 is 36.8 Å². The minimum absolute atomic E-state index is 0. The number of nitrogen functional groups attached to an aromatic ring is 1. The lowest BCUT2D eigenvalue weighted by molar-refractivity contribution is -0.662. The fourth-order valence-corrected chi connectivity index (χ4v) is 6.19. The summed E-state index contributed by atoms with van der Waals surface area (Å²) in [7, 11) is 1.25. The number of hydrogen-bond acceptors (Lipinski definition) is 13. The molecule has 0 aliphatic carbocycles. The Kier molecular flexibility index (Phi) is 8.77. The minimum Gasteiger partial charge on any atom is -0.543 e. The van der Waals surface area contributed by atoms with Gasteiger partial charge in [0.2, 0.25) is 11.5 Å². The number of thioether (sulfide) groups is 1. The number of fused-ring (bicyclic) bond motifs is 2. The van der Waals surface area contributed by atoms with Crippen molar-refractivity contribution in [1.29, 1.82) is 0 Å². The summed E-state index contributed by atoms with van der Waals surface area (Å²) in [6.45, 7) is 1.29. The highest BCUT2D eigenvalue weighted by Crippen LogP contribution is 2.40. The molecule has 0 radical (unpaired) electrons. The zero-order valence-corrected chi connectivity index (χ0v) is 23.4. The summed E-state index contributed by atoms with van der Waals surface area (Å²) in [6.07, 6.45) is 3.69. The molecule has 5 rings (SSSR count). The number of carboxylic acid groups (broad SMARTS) is 1. The Morgan fingerprint density at radius 3 is 2.85 bits per heavy atom. The number of pyridine rings is 1. The molecular formula is C22H25ClN10O5S2. The predicted molar refractivity (Wildman–Crippen MR) is 147 cm³/mol. The maximum absolute atomic E-state index is 13.1. The van der Waals surface area contributed by atoms with Crippen molar-refractivity contribution in [1.82, 2.24) is 24.0 Å². The first-order valence-electron chi connectivity index (χ1n) is 11.7. The van der Waals surface area contributed by atoms with E-state index in [9.17, 15) is 19.5 Å². The standard InChI is InChI=1S/C22H24N10O5S2.ClH/c1-37-28-14(17-27-22(24)39-29-17)18(33)26-15-19(34)32-16(21(35)36)11(10-38-20(15)32)9-30-7-8-31-12(25-6-5-23)3-2-4-13(30)31;/h2-4,7-8,15,20H,5-6,9-10,23H2,1H3,(H4,24,26,27,29,33,35,36);1H/b28-14-;/t15-,20-;/m1./s1. The first kappa shape index (κ1) is 29.1. The Balaban J connectivity index is 0.00000370. The Labute approximate surface area is 241 Å². The third-order valence-corrected chi connectivity index (χ3v) is 7.97. The summed E-state index contributed by atoms with van der Waals surface area (Å²) >= 11 is 2.21. The summed E-state index contributed by atoms with van der Waals surface area (Å²) in [4.78, 5) is 48.0. The quantitative estimate of drug-likeness (QED) is 0.0848. The van der Waals surface area contributed by atoms with E-state index in [2.05, 4.69) is 25.1 Å². The van der Waals surface area contributed by atoms with Crippen molar-refractivity contribution in [3.05, 3.63) is 47.7 Å². The first-order valence-corrected chi connectivity index (χ1v) is 13.5. The molecule has 1 saturated heterocycles. The second kappa shape index (κ2) is 12.1. The van der Waals surface area contributed by atoms with Gasteiger partial charge in [0.15, 0.2) is 10.9 Å². The highest BCUT2D eigenvalue weighted by atomic mass is 35.5. The van der Waals surface area contributed by atoms with Gasteiger partial charge in [-0.25, -0.2) is 4.57 Å². The normalized spacial score (nSPS) is 18.6. The van der Waals surface area contributed by atoms with Crippen LogP contribution >= 0.6 is 35.7 Å². The van der Waals surface area contributed by atoms with Crippen molar-refractivity contribution < 1.29 is 28.9 Å². The summed E-state index contributed by atoms with van der Waals surface area (Å²) < 4.78 is 7.77. The van der Waals surface area contributed by atoms with Crippen molar-refractivity contribution in [3.8, 4) is 0 Å². The summed E-state index contributed by atoms with van der Waals surface area (Å²) in [6, 6.07) is 4.70. The summed E-state index contributed by atoms with van der Waals surface area (Å²) in [5, 5.41) is 21.2. The third-order valence-electron chi connectivity index (χ3n) is 6.09. The van der Waals surface area contributed by atoms with E-state index in [-0.39, 0.29) is 41.3 Å². The van der Waals surface area contributed by atoms with Crippen molar-refractivity contribution >= 4 is 75.8 Å². The lowest BCUT2D eigenvalue weighted by Gasteiger charge is -2.50. The number of imidazole rings is 1. The number of carbonyl (C=O) groups excluding carboxylic acids is 3. The molecule has 0 spiro atoms. The van der Waals surface area contributed by atoms with Gasteiger partial charge in [-0.3, -0.25) is 14.5 Å². The number of anilines is 2. The summed E-state index contributed by atoms with van der Waals surface area (Å²) in [5.74, 6) is -1.71. The van der Waals surface area contributed by atoms with Gasteiger partial charge in [0.25, 0.3) is 17.5 Å². The second-order valence-electron chi connectivity index (χ2n) is 8.46. The van der Waals surface area contributed by atoms with Crippen LogP contribution < -0.4 is 31.8 Å². The van der Waals surface area contributed by atoms with Crippen LogP contribution in [0.3, 0.4) is 0 Å².